The average Bonchev–Trinajstić information content (AvgIpc) is 2.81. The molecule has 0 aliphatic carbocycles. The Bertz CT molecular complexity index is 1180. The molecule has 0 bridgehead atoms. The Hall–Kier alpha value is -2.54. The van der Waals surface area contributed by atoms with E-state index in [1.165, 1.54) is 11.8 Å². The Kier molecular flexibility index (Phi) is 5.02. The minimum atomic E-state index is -0.242. The van der Waals surface area contributed by atoms with Gasteiger partial charge in [-0.25, -0.2) is 0 Å². The molecule has 1 amide bonds. The highest BCUT2D eigenvalue weighted by Gasteiger charge is 2.31. The average molecular weight is 411 g/mol. The lowest BCUT2D eigenvalue weighted by Crippen LogP contribution is -2.27. The molecule has 3 heterocycles. The summed E-state index contributed by atoms with van der Waals surface area (Å²) in [6.07, 6.45) is 0. The molecule has 2 aromatic heterocycles. The topological polar surface area (TPSA) is 68.9 Å². The number of aryl methyl sites for hydroxylation is 3. The molecule has 29 heavy (non-hydrogen) atoms. The Morgan fingerprint density at radius 1 is 1.24 bits per heavy atom. The second-order valence-corrected chi connectivity index (χ2v) is 9.28. The number of amides is 1. The zero-order chi connectivity index (χ0) is 20.9. The van der Waals surface area contributed by atoms with Crippen LogP contribution < -0.4 is 10.9 Å². The summed E-state index contributed by atoms with van der Waals surface area (Å²) in [7, 11) is 1.82. The summed E-state index contributed by atoms with van der Waals surface area (Å²) in [5.41, 5.74) is 4.58. The van der Waals surface area contributed by atoms with Gasteiger partial charge < -0.3 is 9.88 Å². The zero-order valence-electron chi connectivity index (χ0n) is 17.4. The molecule has 7 heteroatoms. The van der Waals surface area contributed by atoms with Crippen LogP contribution in [-0.2, 0) is 18.4 Å². The Labute approximate surface area is 174 Å². The third-order valence-electron chi connectivity index (χ3n) is 5.28. The summed E-state index contributed by atoms with van der Waals surface area (Å²) in [5.74, 6) is 1.25. The number of hydrogen-bond acceptors (Lipinski definition) is 4. The molecule has 0 unspecified atom stereocenters. The predicted octanol–water partition coefficient (Wildman–Crippen LogP) is 3.78. The normalized spacial score (nSPS) is 16.8. The van der Waals surface area contributed by atoms with Crippen molar-refractivity contribution in [2.24, 2.45) is 13.0 Å². The molecule has 1 aliphatic heterocycles. The molecule has 3 aromatic rings. The van der Waals surface area contributed by atoms with Gasteiger partial charge >= 0.3 is 0 Å². The summed E-state index contributed by atoms with van der Waals surface area (Å²) in [5, 5.41) is 8.26. The number of benzene rings is 1. The molecule has 0 radical (unpaired) electrons. The monoisotopic (exact) mass is 410 g/mol. The van der Waals surface area contributed by atoms with Gasteiger partial charge in [-0.15, -0.1) is 11.8 Å². The molecule has 0 saturated heterocycles. The fraction of sp³-hybridized carbons (Fsp3) is 0.409. The van der Waals surface area contributed by atoms with Crippen molar-refractivity contribution in [3.63, 3.8) is 0 Å². The number of hydrogen-bond donors (Lipinski definition) is 1. The predicted molar refractivity (Wildman–Crippen MR) is 119 cm³/mol. The van der Waals surface area contributed by atoms with Gasteiger partial charge in [-0.05, 0) is 43.4 Å². The highest BCUT2D eigenvalue weighted by Crippen LogP contribution is 2.42. The lowest BCUT2D eigenvalue weighted by atomic mass is 10.0. The Morgan fingerprint density at radius 3 is 2.72 bits per heavy atom. The van der Waals surface area contributed by atoms with Gasteiger partial charge in [0, 0.05) is 24.7 Å². The standard InChI is InChI=1S/C22H26N4O2S/c1-12(2)10-26-17-7-6-13(3)8-15(17)9-16(22(26)28)20-19-14(4)24-25(5)21(19)23-18(27)11-29-20/h6-9,12,20H,10-11H2,1-5H3,(H,23,27)/t20-/m0/s1. The summed E-state index contributed by atoms with van der Waals surface area (Å²) >= 11 is 1.49. The van der Waals surface area contributed by atoms with Crippen LogP contribution in [0.1, 0.15) is 41.5 Å². The van der Waals surface area contributed by atoms with E-state index >= 15 is 0 Å². The number of rotatable bonds is 3. The van der Waals surface area contributed by atoms with Crippen molar-refractivity contribution in [1.29, 1.82) is 0 Å². The van der Waals surface area contributed by atoms with Crippen LogP contribution in [0.25, 0.3) is 10.9 Å². The Morgan fingerprint density at radius 2 is 2.00 bits per heavy atom. The van der Waals surface area contributed by atoms with Gasteiger partial charge in [-0.2, -0.15) is 5.10 Å². The first-order chi connectivity index (χ1) is 13.8. The van der Waals surface area contributed by atoms with E-state index in [1.807, 2.05) is 36.7 Å². The van der Waals surface area contributed by atoms with E-state index in [-0.39, 0.29) is 16.7 Å². The van der Waals surface area contributed by atoms with E-state index in [0.29, 0.717) is 29.6 Å². The van der Waals surface area contributed by atoms with Crippen molar-refractivity contribution >= 4 is 34.4 Å². The van der Waals surface area contributed by atoms with E-state index in [4.69, 9.17) is 0 Å². The van der Waals surface area contributed by atoms with Gasteiger partial charge in [0.25, 0.3) is 5.56 Å². The first-order valence-electron chi connectivity index (χ1n) is 9.85. The fourth-order valence-corrected chi connectivity index (χ4v) is 5.24. The van der Waals surface area contributed by atoms with Crippen molar-refractivity contribution in [3.05, 3.63) is 57.0 Å². The zero-order valence-corrected chi connectivity index (χ0v) is 18.3. The van der Waals surface area contributed by atoms with Crippen LogP contribution in [0, 0.1) is 19.8 Å². The molecule has 1 atom stereocenters. The molecular weight excluding hydrogens is 384 g/mol. The largest absolute Gasteiger partial charge is 0.310 e. The first kappa shape index (κ1) is 19.8. The van der Waals surface area contributed by atoms with Crippen molar-refractivity contribution in [2.75, 3.05) is 11.1 Å². The van der Waals surface area contributed by atoms with Crippen molar-refractivity contribution < 1.29 is 4.79 Å². The molecule has 0 fully saturated rings. The number of nitrogens with one attached hydrogen (secondary N) is 1. The maximum absolute atomic E-state index is 13.6. The summed E-state index contributed by atoms with van der Waals surface area (Å²) in [4.78, 5) is 25.9. The van der Waals surface area contributed by atoms with Crippen molar-refractivity contribution in [1.82, 2.24) is 14.3 Å². The smallest absolute Gasteiger partial charge is 0.255 e. The number of carbonyl (C=O) groups excluding carboxylic acids is 1. The van der Waals surface area contributed by atoms with E-state index in [0.717, 1.165) is 27.7 Å². The van der Waals surface area contributed by atoms with Crippen LogP contribution in [-0.4, -0.2) is 26.0 Å². The summed E-state index contributed by atoms with van der Waals surface area (Å²) in [6.45, 7) is 8.88. The highest BCUT2D eigenvalue weighted by molar-refractivity contribution is 8.00. The van der Waals surface area contributed by atoms with Crippen LogP contribution in [0.2, 0.25) is 0 Å². The van der Waals surface area contributed by atoms with Gasteiger partial charge in [0.05, 0.1) is 22.2 Å². The number of aromatic nitrogens is 3. The van der Waals surface area contributed by atoms with Gasteiger partial charge in [0.1, 0.15) is 5.82 Å². The van der Waals surface area contributed by atoms with Crippen molar-refractivity contribution in [3.8, 4) is 0 Å². The molecule has 1 aliphatic rings. The maximum atomic E-state index is 13.6. The second-order valence-electron chi connectivity index (χ2n) is 8.18. The van der Waals surface area contributed by atoms with Crippen LogP contribution in [0.15, 0.2) is 29.1 Å². The van der Waals surface area contributed by atoms with Crippen LogP contribution >= 0.6 is 11.8 Å². The second kappa shape index (κ2) is 7.37. The van der Waals surface area contributed by atoms with E-state index in [1.54, 1.807) is 4.68 Å². The van der Waals surface area contributed by atoms with Gasteiger partial charge in [-0.3, -0.25) is 14.3 Å². The van der Waals surface area contributed by atoms with E-state index < -0.39 is 0 Å². The van der Waals surface area contributed by atoms with Gasteiger partial charge in [0.15, 0.2) is 0 Å². The Balaban J connectivity index is 2.00. The summed E-state index contributed by atoms with van der Waals surface area (Å²) < 4.78 is 3.58. The number of thioether (sulfide) groups is 1. The first-order valence-corrected chi connectivity index (χ1v) is 10.9. The number of fused-ring (bicyclic) bond motifs is 2. The third-order valence-corrected chi connectivity index (χ3v) is 6.53. The molecule has 6 nitrogen and oxygen atoms in total. The minimum Gasteiger partial charge on any atom is -0.310 e. The third kappa shape index (κ3) is 3.48. The van der Waals surface area contributed by atoms with Crippen LogP contribution in [0.3, 0.4) is 0 Å². The molecule has 152 valence electrons. The fourth-order valence-electron chi connectivity index (χ4n) is 4.06. The number of pyridine rings is 1. The highest BCUT2D eigenvalue weighted by atomic mass is 32.2. The minimum absolute atomic E-state index is 0.0103. The molecule has 0 saturated carbocycles. The summed E-state index contributed by atoms with van der Waals surface area (Å²) in [6, 6.07) is 8.21. The molecule has 4 rings (SSSR count). The van der Waals surface area contributed by atoms with Gasteiger partial charge in [0.2, 0.25) is 5.91 Å². The number of anilines is 1. The SMILES string of the molecule is Cc1ccc2c(c1)cc([C@@H]1SCC(=O)Nc3c1c(C)nn3C)c(=O)n2CC(C)C. The molecular formula is C22H26N4O2S. The lowest BCUT2D eigenvalue weighted by Gasteiger charge is -2.20. The van der Waals surface area contributed by atoms with Crippen LogP contribution in [0.5, 0.6) is 0 Å². The van der Waals surface area contributed by atoms with Gasteiger partial charge in [-0.1, -0.05) is 25.5 Å². The lowest BCUT2D eigenvalue weighted by molar-refractivity contribution is -0.113. The van der Waals surface area contributed by atoms with E-state index in [2.05, 4.69) is 37.3 Å². The van der Waals surface area contributed by atoms with E-state index in [9.17, 15) is 9.59 Å². The quantitative estimate of drug-likeness (QED) is 0.713. The maximum Gasteiger partial charge on any atom is 0.255 e. The number of carbonyl (C=O) groups is 1. The number of nitrogens with zero attached hydrogens (tertiary/aromatic N) is 3. The molecule has 1 aromatic carbocycles. The molecule has 0 spiro atoms. The van der Waals surface area contributed by atoms with Crippen LogP contribution in [0.4, 0.5) is 5.82 Å². The van der Waals surface area contributed by atoms with Crippen molar-refractivity contribution in [2.45, 2.75) is 39.5 Å². The molecule has 1 N–H and O–H groups in total.